The number of fused-ring (bicyclic) bond motifs is 8. The van der Waals surface area contributed by atoms with Crippen LogP contribution in [0.2, 0.25) is 0 Å². The molecule has 3 heterocycles. The fourth-order valence-corrected chi connectivity index (χ4v) is 7.60. The molecule has 0 saturated heterocycles. The van der Waals surface area contributed by atoms with Crippen molar-refractivity contribution in [1.29, 1.82) is 0 Å². The minimum absolute atomic E-state index is 0. The molecule has 7 aromatic rings. The van der Waals surface area contributed by atoms with Crippen molar-refractivity contribution in [2.24, 2.45) is 5.41 Å². The molecule has 1 radical (unpaired) electrons. The van der Waals surface area contributed by atoms with Crippen molar-refractivity contribution in [2.45, 2.75) is 72.8 Å². The first kappa shape index (κ1) is 20.1. The zero-order valence-corrected chi connectivity index (χ0v) is 28.7. The van der Waals surface area contributed by atoms with Gasteiger partial charge in [0.1, 0.15) is 0 Å². The summed E-state index contributed by atoms with van der Waals surface area (Å²) in [7, 11) is 0. The molecule has 4 aromatic carbocycles. The van der Waals surface area contributed by atoms with Gasteiger partial charge in [-0.05, 0) is 108 Å². The summed E-state index contributed by atoms with van der Waals surface area (Å²) >= 11 is 1.36. The van der Waals surface area contributed by atoms with E-state index in [0.29, 0.717) is 55.4 Å². The summed E-state index contributed by atoms with van der Waals surface area (Å²) in [5.41, 5.74) is 2.64. The van der Waals surface area contributed by atoms with Crippen molar-refractivity contribution < 1.29 is 37.9 Å². The van der Waals surface area contributed by atoms with Crippen LogP contribution >= 0.6 is 11.3 Å². The molecule has 46 heavy (non-hydrogen) atoms. The minimum Gasteiger partial charge on any atom is -0.304 e. The fourth-order valence-electron chi connectivity index (χ4n) is 6.24. The Labute approximate surface area is 308 Å². The number of thiophene rings is 1. The summed E-state index contributed by atoms with van der Waals surface area (Å²) in [6, 6.07) is 24.6. The Morgan fingerprint density at radius 2 is 1.67 bits per heavy atom. The van der Waals surface area contributed by atoms with E-state index < -0.39 is 33.3 Å². The molecule has 1 aliphatic carbocycles. The Morgan fingerprint density at radius 1 is 0.848 bits per heavy atom. The Balaban J connectivity index is 0.000000236. The molecular weight excluding hydrogens is 757 g/mol. The molecule has 0 amide bonds. The maximum atomic E-state index is 9.49. The zero-order chi connectivity index (χ0) is 42.2. The summed E-state index contributed by atoms with van der Waals surface area (Å²) in [6.45, 7) is -4.74. The number of aromatic nitrogens is 2. The number of aryl methyl sites for hydroxylation is 4. The number of nitrogens with zero attached hydrogens (tertiary/aromatic N) is 2. The first-order valence-electron chi connectivity index (χ1n) is 21.5. The van der Waals surface area contributed by atoms with Crippen LogP contribution < -0.4 is 0 Å². The Morgan fingerprint density at radius 3 is 2.39 bits per heavy atom. The molecule has 0 aliphatic heterocycles. The summed E-state index contributed by atoms with van der Waals surface area (Å²) in [4.78, 5) is 9.27. The van der Waals surface area contributed by atoms with Crippen LogP contribution in [0, 0.1) is 45.0 Å². The van der Waals surface area contributed by atoms with Crippen LogP contribution in [0.5, 0.6) is 0 Å². The Hall–Kier alpha value is -3.43. The van der Waals surface area contributed by atoms with Crippen LogP contribution in [0.1, 0.15) is 90.4 Å². The van der Waals surface area contributed by atoms with Gasteiger partial charge in [-0.2, -0.15) is 0 Å². The summed E-state index contributed by atoms with van der Waals surface area (Å²) in [6.07, 6.45) is 5.70. The molecule has 4 heteroatoms. The van der Waals surface area contributed by atoms with Crippen molar-refractivity contribution in [3.8, 4) is 11.3 Å². The van der Waals surface area contributed by atoms with Gasteiger partial charge in [-0.1, -0.05) is 55.7 Å². The number of benzene rings is 4. The van der Waals surface area contributed by atoms with E-state index in [1.165, 1.54) is 48.0 Å². The second-order valence-corrected chi connectivity index (χ2v) is 13.4. The van der Waals surface area contributed by atoms with Gasteiger partial charge in [0.25, 0.3) is 0 Å². The minimum atomic E-state index is -2.41. The fraction of sp³-hybridized carbons (Fsp3) is 0.286. The molecule has 8 rings (SSSR count). The molecule has 2 nitrogen and oxygen atoms in total. The Kier molecular flexibility index (Phi) is 5.66. The van der Waals surface area contributed by atoms with Gasteiger partial charge in [0.2, 0.25) is 0 Å². The number of rotatable bonds is 2. The van der Waals surface area contributed by atoms with E-state index in [1.807, 2.05) is 24.3 Å². The van der Waals surface area contributed by atoms with E-state index in [9.17, 15) is 1.37 Å². The molecule has 0 unspecified atom stereocenters. The predicted molar refractivity (Wildman–Crippen MR) is 193 cm³/mol. The second kappa shape index (κ2) is 13.0. The SMILES string of the molecule is [2H]C([2H])([2H])c1c(C2([2H])CCC(C)(C)CC2)sc2c1ccc1c3ccc[c-]c3c3nccc(C([2H])([2H])[2H])c3c12.[2H]C([2H])([2H])c1c[c-]c(-c2ccc(C([2H])([2H])[2H])cn2)cc1.[Ir]. The van der Waals surface area contributed by atoms with E-state index >= 15 is 0 Å². The maximum Gasteiger partial charge on any atom is 0.0417 e. The third-order valence-electron chi connectivity index (χ3n) is 8.82. The van der Waals surface area contributed by atoms with Crippen LogP contribution in [-0.2, 0) is 20.1 Å². The predicted octanol–water partition coefficient (Wildman–Crippen LogP) is 12.0. The zero-order valence-electron chi connectivity index (χ0n) is 38.5. The van der Waals surface area contributed by atoms with Gasteiger partial charge in [0, 0.05) is 59.9 Å². The molecule has 0 bridgehead atoms. The van der Waals surface area contributed by atoms with Gasteiger partial charge < -0.3 is 9.97 Å². The first-order chi connectivity index (χ1) is 26.9. The van der Waals surface area contributed by atoms with E-state index in [1.54, 1.807) is 18.2 Å². The van der Waals surface area contributed by atoms with Gasteiger partial charge >= 0.3 is 0 Å². The van der Waals surface area contributed by atoms with Gasteiger partial charge in [-0.3, -0.25) is 0 Å². The molecule has 1 aliphatic rings. The van der Waals surface area contributed by atoms with Crippen molar-refractivity contribution >= 4 is 53.9 Å². The molecule has 3 aromatic heterocycles. The molecule has 1 saturated carbocycles. The van der Waals surface area contributed by atoms with E-state index in [2.05, 4.69) is 35.9 Å². The molecule has 0 atom stereocenters. The number of hydrogen-bond donors (Lipinski definition) is 0. The van der Waals surface area contributed by atoms with Crippen LogP contribution in [0.25, 0.3) is 53.8 Å². The average Bonchev–Trinajstić information content (AvgIpc) is 3.57. The maximum absolute atomic E-state index is 9.49. The van der Waals surface area contributed by atoms with E-state index in [-0.39, 0.29) is 47.8 Å². The van der Waals surface area contributed by atoms with Crippen LogP contribution in [0.3, 0.4) is 0 Å². The van der Waals surface area contributed by atoms with Crippen molar-refractivity contribution in [2.75, 3.05) is 0 Å². The summed E-state index contributed by atoms with van der Waals surface area (Å²) in [5, 5.41) is 4.25. The van der Waals surface area contributed by atoms with Crippen molar-refractivity contribution in [1.82, 2.24) is 9.97 Å². The normalized spacial score (nSPS) is 20.7. The topological polar surface area (TPSA) is 25.8 Å². The molecule has 235 valence electrons. The van der Waals surface area contributed by atoms with Crippen LogP contribution in [0.15, 0.2) is 79.1 Å². The van der Waals surface area contributed by atoms with E-state index in [4.69, 9.17) is 16.4 Å². The smallest absolute Gasteiger partial charge is 0.0417 e. The van der Waals surface area contributed by atoms with Crippen LogP contribution in [-0.4, -0.2) is 9.97 Å². The standard InChI is InChI=1S/C29H28NS.C13H12N.Ir/c1-17-13-16-30-26-23-8-6-5-7-21(23)22-10-9-20-18(2)27(31-28(20)25(22)24(17)26)19-11-14-29(3,4)15-12-19;1-10-3-6-12(7-4-10)13-8-5-11(2)9-14-13;/h5-7,9-10,13,16,19H,11-12,14-15H2,1-4H3;3-6,8-9H,1-2H3;/q2*-1;/i1D3,2D3,19D;1D3,2D3;. The van der Waals surface area contributed by atoms with Crippen molar-refractivity contribution in [3.05, 3.63) is 118 Å². The van der Waals surface area contributed by atoms with Crippen molar-refractivity contribution in [3.63, 3.8) is 0 Å². The van der Waals surface area contributed by atoms with Crippen LogP contribution in [0.4, 0.5) is 0 Å². The molecule has 0 spiro atoms. The molecule has 1 fully saturated rings. The summed E-state index contributed by atoms with van der Waals surface area (Å²) in [5.74, 6) is -0.999. The second-order valence-electron chi connectivity index (χ2n) is 12.4. The largest absolute Gasteiger partial charge is 0.304 e. The summed E-state index contributed by atoms with van der Waals surface area (Å²) < 4.78 is 104. The van der Waals surface area contributed by atoms with Gasteiger partial charge in [0.15, 0.2) is 0 Å². The molecule has 0 N–H and O–H groups in total. The van der Waals surface area contributed by atoms with E-state index in [0.717, 1.165) is 29.0 Å². The average molecular weight is 810 g/mol. The quantitative estimate of drug-likeness (QED) is 0.128. The molecular formula is C42H40IrN2S-2. The van der Waals surface area contributed by atoms with Gasteiger partial charge in [0.05, 0.1) is 0 Å². The van der Waals surface area contributed by atoms with Gasteiger partial charge in [-0.15, -0.1) is 76.4 Å². The third kappa shape index (κ3) is 6.04. The Bertz CT molecular complexity index is 2590. The third-order valence-corrected chi connectivity index (χ3v) is 10.1. The monoisotopic (exact) mass is 810 g/mol. The van der Waals surface area contributed by atoms with Gasteiger partial charge in [-0.25, -0.2) is 0 Å². The number of hydrogen-bond acceptors (Lipinski definition) is 3. The number of pyridine rings is 2. The first-order valence-corrected chi connectivity index (χ1v) is 15.8.